The second-order valence-electron chi connectivity index (χ2n) is 7.34. The molecule has 1 aromatic carbocycles. The standard InChI is InChI=1S/C19H29NO2S/c1-5-19(3,4)18(16-9-7-6-8-10-16)20-23(21,22)17-13-11-15(2)12-14-17/h5,11-14,16,18,20H,1,6-10H2,2-4H3. The molecule has 1 saturated carbocycles. The summed E-state index contributed by atoms with van der Waals surface area (Å²) in [6.45, 7) is 10.0. The van der Waals surface area contributed by atoms with Crippen molar-refractivity contribution in [2.75, 3.05) is 0 Å². The highest BCUT2D eigenvalue weighted by Crippen LogP contribution is 2.36. The number of sulfonamides is 1. The Labute approximate surface area is 141 Å². The van der Waals surface area contributed by atoms with Gasteiger partial charge in [-0.2, -0.15) is 0 Å². The molecule has 0 aliphatic heterocycles. The first kappa shape index (κ1) is 18.2. The van der Waals surface area contributed by atoms with Gasteiger partial charge in [0.1, 0.15) is 0 Å². The third-order valence-corrected chi connectivity index (χ3v) is 6.52. The molecule has 0 heterocycles. The predicted molar refractivity (Wildman–Crippen MR) is 95.8 cm³/mol. The fourth-order valence-electron chi connectivity index (χ4n) is 3.40. The van der Waals surface area contributed by atoms with E-state index in [4.69, 9.17) is 0 Å². The van der Waals surface area contributed by atoms with E-state index in [0.717, 1.165) is 18.4 Å². The molecule has 1 fully saturated rings. The fraction of sp³-hybridized carbons (Fsp3) is 0.579. The largest absolute Gasteiger partial charge is 0.240 e. The highest BCUT2D eigenvalue weighted by Gasteiger charge is 2.37. The van der Waals surface area contributed by atoms with Gasteiger partial charge in [0.2, 0.25) is 10.0 Å². The van der Waals surface area contributed by atoms with Crippen molar-refractivity contribution in [2.24, 2.45) is 11.3 Å². The number of hydrogen-bond acceptors (Lipinski definition) is 2. The molecule has 0 spiro atoms. The zero-order valence-electron chi connectivity index (χ0n) is 14.5. The Hall–Kier alpha value is -1.13. The molecule has 0 aromatic heterocycles. The fourth-order valence-corrected chi connectivity index (χ4v) is 4.86. The molecule has 0 bridgehead atoms. The SMILES string of the molecule is C=CC(C)(C)C(NS(=O)(=O)c1ccc(C)cc1)C1CCCCC1. The topological polar surface area (TPSA) is 46.2 Å². The van der Waals surface area contributed by atoms with Gasteiger partial charge in [0, 0.05) is 6.04 Å². The summed E-state index contributed by atoms with van der Waals surface area (Å²) >= 11 is 0. The first-order valence-electron chi connectivity index (χ1n) is 8.49. The van der Waals surface area contributed by atoms with Gasteiger partial charge >= 0.3 is 0 Å². The summed E-state index contributed by atoms with van der Waals surface area (Å²) in [4.78, 5) is 0.337. The maximum Gasteiger partial charge on any atom is 0.240 e. The van der Waals surface area contributed by atoms with E-state index in [9.17, 15) is 8.42 Å². The summed E-state index contributed by atoms with van der Waals surface area (Å²) in [5.41, 5.74) is 0.777. The number of hydrogen-bond donors (Lipinski definition) is 1. The molecule has 0 amide bonds. The van der Waals surface area contributed by atoms with E-state index in [1.165, 1.54) is 19.3 Å². The van der Waals surface area contributed by atoms with Crippen LogP contribution in [-0.4, -0.2) is 14.5 Å². The lowest BCUT2D eigenvalue weighted by molar-refractivity contribution is 0.201. The molecule has 0 saturated heterocycles. The van der Waals surface area contributed by atoms with Crippen LogP contribution >= 0.6 is 0 Å². The van der Waals surface area contributed by atoms with E-state index < -0.39 is 10.0 Å². The van der Waals surface area contributed by atoms with Crippen molar-refractivity contribution >= 4 is 10.0 Å². The first-order chi connectivity index (χ1) is 10.8. The molecule has 1 N–H and O–H groups in total. The molecule has 2 rings (SSSR count). The van der Waals surface area contributed by atoms with Crippen LogP contribution in [0.1, 0.15) is 51.5 Å². The van der Waals surface area contributed by atoms with Gasteiger partial charge in [-0.3, -0.25) is 0 Å². The summed E-state index contributed by atoms with van der Waals surface area (Å²) in [7, 11) is -3.52. The van der Waals surface area contributed by atoms with Crippen molar-refractivity contribution in [2.45, 2.75) is 63.8 Å². The van der Waals surface area contributed by atoms with Crippen LogP contribution in [0.4, 0.5) is 0 Å². The molecule has 1 aliphatic carbocycles. The Morgan fingerprint density at radius 1 is 1.17 bits per heavy atom. The zero-order chi connectivity index (χ0) is 17.1. The second-order valence-corrected chi connectivity index (χ2v) is 9.05. The number of rotatable bonds is 6. The van der Waals surface area contributed by atoms with Crippen molar-refractivity contribution < 1.29 is 8.42 Å². The van der Waals surface area contributed by atoms with Crippen LogP contribution in [0.3, 0.4) is 0 Å². The minimum atomic E-state index is -3.52. The van der Waals surface area contributed by atoms with Gasteiger partial charge in [-0.1, -0.05) is 56.9 Å². The maximum absolute atomic E-state index is 12.8. The predicted octanol–water partition coefficient (Wildman–Crippen LogP) is 4.43. The molecule has 1 unspecified atom stereocenters. The molecule has 4 heteroatoms. The van der Waals surface area contributed by atoms with Crippen LogP contribution in [0, 0.1) is 18.3 Å². The van der Waals surface area contributed by atoms with Crippen LogP contribution in [-0.2, 0) is 10.0 Å². The van der Waals surface area contributed by atoms with Crippen LogP contribution in [0.2, 0.25) is 0 Å². The summed E-state index contributed by atoms with van der Waals surface area (Å²) in [5.74, 6) is 0.372. The highest BCUT2D eigenvalue weighted by atomic mass is 32.2. The summed E-state index contributed by atoms with van der Waals surface area (Å²) < 4.78 is 28.6. The van der Waals surface area contributed by atoms with Crippen molar-refractivity contribution in [1.29, 1.82) is 0 Å². The number of nitrogens with one attached hydrogen (secondary N) is 1. The van der Waals surface area contributed by atoms with Gasteiger partial charge < -0.3 is 0 Å². The Kier molecular flexibility index (Phi) is 5.69. The molecule has 0 radical (unpaired) electrons. The maximum atomic E-state index is 12.8. The van der Waals surface area contributed by atoms with Gasteiger partial charge in [0.15, 0.2) is 0 Å². The van der Waals surface area contributed by atoms with Gasteiger partial charge in [0.25, 0.3) is 0 Å². The quantitative estimate of drug-likeness (QED) is 0.782. The Morgan fingerprint density at radius 3 is 2.26 bits per heavy atom. The minimum absolute atomic E-state index is 0.119. The van der Waals surface area contributed by atoms with Gasteiger partial charge in [0.05, 0.1) is 4.90 Å². The number of aryl methyl sites for hydroxylation is 1. The molecule has 1 atom stereocenters. The Balaban J connectivity index is 2.29. The highest BCUT2D eigenvalue weighted by molar-refractivity contribution is 7.89. The second kappa shape index (κ2) is 7.18. The van der Waals surface area contributed by atoms with Crippen molar-refractivity contribution in [3.63, 3.8) is 0 Å². The van der Waals surface area contributed by atoms with E-state index in [1.807, 2.05) is 25.1 Å². The monoisotopic (exact) mass is 335 g/mol. The Bertz CT molecular complexity index is 626. The smallest absolute Gasteiger partial charge is 0.207 e. The van der Waals surface area contributed by atoms with Gasteiger partial charge in [-0.05, 0) is 43.2 Å². The summed E-state index contributed by atoms with van der Waals surface area (Å²) in [5, 5.41) is 0. The number of benzene rings is 1. The van der Waals surface area contributed by atoms with Crippen LogP contribution in [0.25, 0.3) is 0 Å². The molecular weight excluding hydrogens is 306 g/mol. The lowest BCUT2D eigenvalue weighted by atomic mass is 9.72. The van der Waals surface area contributed by atoms with Crippen LogP contribution in [0.15, 0.2) is 41.8 Å². The molecule has 23 heavy (non-hydrogen) atoms. The summed E-state index contributed by atoms with van der Waals surface area (Å²) in [6, 6.07) is 6.91. The van der Waals surface area contributed by atoms with E-state index in [-0.39, 0.29) is 11.5 Å². The molecule has 128 valence electrons. The van der Waals surface area contributed by atoms with E-state index >= 15 is 0 Å². The van der Waals surface area contributed by atoms with Crippen LogP contribution < -0.4 is 4.72 Å². The van der Waals surface area contributed by atoms with E-state index in [1.54, 1.807) is 12.1 Å². The normalized spacial score (nSPS) is 18.6. The zero-order valence-corrected chi connectivity index (χ0v) is 15.3. The molecular formula is C19H29NO2S. The third-order valence-electron chi connectivity index (χ3n) is 5.06. The first-order valence-corrected chi connectivity index (χ1v) is 9.97. The summed E-state index contributed by atoms with van der Waals surface area (Å²) in [6.07, 6.45) is 7.66. The minimum Gasteiger partial charge on any atom is -0.207 e. The molecule has 3 nitrogen and oxygen atoms in total. The van der Waals surface area contributed by atoms with Crippen molar-refractivity contribution in [3.8, 4) is 0 Å². The average Bonchev–Trinajstić information content (AvgIpc) is 2.54. The average molecular weight is 336 g/mol. The lowest BCUT2D eigenvalue weighted by Crippen LogP contribution is -2.49. The van der Waals surface area contributed by atoms with Crippen molar-refractivity contribution in [3.05, 3.63) is 42.5 Å². The van der Waals surface area contributed by atoms with E-state index in [0.29, 0.717) is 10.8 Å². The van der Waals surface area contributed by atoms with Crippen LogP contribution in [0.5, 0.6) is 0 Å². The lowest BCUT2D eigenvalue weighted by Gasteiger charge is -2.39. The molecule has 1 aliphatic rings. The van der Waals surface area contributed by atoms with E-state index in [2.05, 4.69) is 25.1 Å². The van der Waals surface area contributed by atoms with Gasteiger partial charge in [-0.15, -0.1) is 6.58 Å². The Morgan fingerprint density at radius 2 is 1.74 bits per heavy atom. The van der Waals surface area contributed by atoms with Gasteiger partial charge in [-0.25, -0.2) is 13.1 Å². The molecule has 1 aromatic rings. The third kappa shape index (κ3) is 4.45. The van der Waals surface area contributed by atoms with Crippen molar-refractivity contribution in [1.82, 2.24) is 4.72 Å².